The van der Waals surface area contributed by atoms with E-state index < -0.39 is 129 Å². The molecule has 0 spiro atoms. The topological polar surface area (TPSA) is 340 Å². The standard InChI is InChI=1S/C50H86N4O20/c1-5-31-24-32(33(58)13-9-15-51-38(59)14-19-68-21-22-69-20-16-52-47(65)42(62)36(26-55)67-4)25-34(45(31)74-50-44(64)43(63)40(60)28(2)70-50)72-49-39(53-29(3)57)46(41(61)37(27-56)73-49)71-35(48(66)54-17-10-18-54)23-30-11-7-6-8-12-30/h28,30-32,34-37,39-46,49-50,55-56,60-64H,5-27H2,1-4H3,(H,51,59)(H,52,65)(H,53,57)/t28?,31?,32?,34-,35+,36+,37+,39?,40-,41+,42-,43+,44?,45-,46?,49-,50+/m1/s1. The molecule has 0 aromatic heterocycles. The molecular formula is C50H86N4O20. The summed E-state index contributed by atoms with van der Waals surface area (Å²) >= 11 is 0. The fourth-order valence-electron chi connectivity index (χ4n) is 10.5. The number of amides is 4. The zero-order valence-electron chi connectivity index (χ0n) is 43.5. The molecule has 3 saturated heterocycles. The quantitative estimate of drug-likeness (QED) is 0.0346. The summed E-state index contributed by atoms with van der Waals surface area (Å²) in [6.07, 6.45) is -10.4. The number of hydrogen-bond donors (Lipinski definition) is 10. The largest absolute Gasteiger partial charge is 0.394 e. The van der Waals surface area contributed by atoms with E-state index in [-0.39, 0.29) is 82.3 Å². The summed E-state index contributed by atoms with van der Waals surface area (Å²) < 4.78 is 47.8. The van der Waals surface area contributed by atoms with Gasteiger partial charge in [-0.3, -0.25) is 24.0 Å². The van der Waals surface area contributed by atoms with Crippen LogP contribution in [0.2, 0.25) is 0 Å². The lowest BCUT2D eigenvalue weighted by Crippen LogP contribution is -2.67. The van der Waals surface area contributed by atoms with Crippen molar-refractivity contribution < 1.29 is 97.6 Å². The molecule has 10 N–H and O–H groups in total. The Balaban J connectivity index is 1.22. The first-order valence-electron chi connectivity index (χ1n) is 26.7. The molecule has 0 bridgehead atoms. The Hall–Kier alpha value is -3.05. The molecule has 0 radical (unpaired) electrons. The van der Waals surface area contributed by atoms with E-state index in [1.54, 1.807) is 4.90 Å². The molecule has 426 valence electrons. The van der Waals surface area contributed by atoms with Gasteiger partial charge in [-0.25, -0.2) is 0 Å². The summed E-state index contributed by atoms with van der Waals surface area (Å²) in [5.74, 6) is -2.64. The monoisotopic (exact) mass is 1060 g/mol. The average molecular weight is 1060 g/mol. The molecule has 24 heteroatoms. The normalized spacial score (nSPS) is 32.9. The van der Waals surface area contributed by atoms with Crippen LogP contribution in [0.25, 0.3) is 0 Å². The molecule has 0 aromatic carbocycles. The van der Waals surface area contributed by atoms with Crippen LogP contribution < -0.4 is 16.0 Å². The molecule has 2 saturated carbocycles. The van der Waals surface area contributed by atoms with Gasteiger partial charge in [0.25, 0.3) is 11.8 Å². The van der Waals surface area contributed by atoms with Crippen LogP contribution in [0.5, 0.6) is 0 Å². The summed E-state index contributed by atoms with van der Waals surface area (Å²) in [7, 11) is 1.27. The van der Waals surface area contributed by atoms with Crippen LogP contribution in [0.1, 0.15) is 104 Å². The first kappa shape index (κ1) is 61.8. The Kier molecular flexibility index (Phi) is 26.2. The fraction of sp³-hybridized carbons (Fsp3) is 0.900. The number of nitrogens with zero attached hydrogens (tertiary/aromatic N) is 1. The molecule has 3 aliphatic heterocycles. The number of nitrogens with one attached hydrogen (secondary N) is 3. The molecule has 24 nitrogen and oxygen atoms in total. The Morgan fingerprint density at radius 3 is 2.14 bits per heavy atom. The van der Waals surface area contributed by atoms with E-state index in [0.717, 1.165) is 38.5 Å². The van der Waals surface area contributed by atoms with Gasteiger partial charge in [-0.15, -0.1) is 0 Å². The number of hydrogen-bond acceptors (Lipinski definition) is 20. The van der Waals surface area contributed by atoms with Crippen LogP contribution >= 0.6 is 0 Å². The predicted molar refractivity (Wildman–Crippen MR) is 259 cm³/mol. The van der Waals surface area contributed by atoms with Gasteiger partial charge in [0, 0.05) is 59.0 Å². The van der Waals surface area contributed by atoms with Gasteiger partial charge in [-0.1, -0.05) is 45.4 Å². The maximum atomic E-state index is 14.1. The van der Waals surface area contributed by atoms with Crippen LogP contribution in [0.4, 0.5) is 0 Å². The number of carbonyl (C=O) groups is 5. The van der Waals surface area contributed by atoms with Gasteiger partial charge in [0.15, 0.2) is 18.7 Å². The van der Waals surface area contributed by atoms with E-state index in [2.05, 4.69) is 16.0 Å². The third-order valence-electron chi connectivity index (χ3n) is 15.0. The van der Waals surface area contributed by atoms with Gasteiger partial charge in [-0.2, -0.15) is 0 Å². The van der Waals surface area contributed by atoms with Gasteiger partial charge in [0.05, 0.1) is 58.0 Å². The summed E-state index contributed by atoms with van der Waals surface area (Å²) in [5, 5.41) is 81.7. The third kappa shape index (κ3) is 17.7. The number of likely N-dealkylation sites (tertiary alicyclic amines) is 1. The minimum atomic E-state index is -1.66. The molecular weight excluding hydrogens is 977 g/mol. The molecule has 3 heterocycles. The van der Waals surface area contributed by atoms with Crippen molar-refractivity contribution in [2.75, 3.05) is 72.9 Å². The number of aliphatic hydroxyl groups is 7. The van der Waals surface area contributed by atoms with Gasteiger partial charge < -0.3 is 94.5 Å². The number of methoxy groups -OCH3 is 1. The number of rotatable bonds is 30. The molecule has 74 heavy (non-hydrogen) atoms. The predicted octanol–water partition coefficient (Wildman–Crippen LogP) is -2.07. The Bertz CT molecular complexity index is 1720. The average Bonchev–Trinajstić information content (AvgIpc) is 3.37. The second-order valence-electron chi connectivity index (χ2n) is 20.3. The Labute approximate surface area is 433 Å². The highest BCUT2D eigenvalue weighted by Crippen LogP contribution is 2.41. The lowest BCUT2D eigenvalue weighted by atomic mass is 9.74. The highest BCUT2D eigenvalue weighted by Gasteiger charge is 2.53. The lowest BCUT2D eigenvalue weighted by Gasteiger charge is -2.49. The first-order chi connectivity index (χ1) is 35.5. The fourth-order valence-corrected chi connectivity index (χ4v) is 10.5. The highest BCUT2D eigenvalue weighted by molar-refractivity contribution is 5.82. The van der Waals surface area contributed by atoms with Crippen LogP contribution in [-0.4, -0.2) is 235 Å². The summed E-state index contributed by atoms with van der Waals surface area (Å²) in [5.41, 5.74) is 0. The van der Waals surface area contributed by atoms with Crippen molar-refractivity contribution in [2.45, 2.75) is 196 Å². The van der Waals surface area contributed by atoms with Crippen molar-refractivity contribution in [2.24, 2.45) is 17.8 Å². The molecule has 5 aliphatic rings. The zero-order chi connectivity index (χ0) is 53.9. The highest BCUT2D eigenvalue weighted by atomic mass is 16.7. The van der Waals surface area contributed by atoms with Gasteiger partial charge in [-0.05, 0) is 50.9 Å². The van der Waals surface area contributed by atoms with E-state index in [0.29, 0.717) is 38.8 Å². The van der Waals surface area contributed by atoms with Gasteiger partial charge >= 0.3 is 0 Å². The minimum absolute atomic E-state index is 0.0520. The van der Waals surface area contributed by atoms with E-state index in [1.807, 2.05) is 6.92 Å². The van der Waals surface area contributed by atoms with E-state index in [4.69, 9.17) is 43.0 Å². The number of Topliss-reactive ketones (excluding diaryl/α,β-unsaturated/α-hetero) is 1. The van der Waals surface area contributed by atoms with Crippen molar-refractivity contribution in [3.63, 3.8) is 0 Å². The van der Waals surface area contributed by atoms with Crippen molar-refractivity contribution in [3.05, 3.63) is 0 Å². The molecule has 0 aromatic rings. The van der Waals surface area contributed by atoms with Crippen LogP contribution in [0, 0.1) is 17.8 Å². The molecule has 4 amide bonds. The smallest absolute Gasteiger partial charge is 0.251 e. The third-order valence-corrected chi connectivity index (χ3v) is 15.0. The van der Waals surface area contributed by atoms with Crippen LogP contribution in [0.15, 0.2) is 0 Å². The van der Waals surface area contributed by atoms with Crippen molar-refractivity contribution in [1.29, 1.82) is 0 Å². The number of ether oxygens (including phenoxy) is 8. The molecule has 5 rings (SSSR count). The molecule has 6 unspecified atom stereocenters. The van der Waals surface area contributed by atoms with Crippen molar-refractivity contribution >= 4 is 29.4 Å². The molecule has 17 atom stereocenters. The second kappa shape index (κ2) is 31.4. The number of aliphatic hydroxyl groups excluding tert-OH is 7. The zero-order valence-corrected chi connectivity index (χ0v) is 43.5. The van der Waals surface area contributed by atoms with Crippen LogP contribution in [0.3, 0.4) is 0 Å². The van der Waals surface area contributed by atoms with Crippen molar-refractivity contribution in [3.8, 4) is 0 Å². The minimum Gasteiger partial charge on any atom is -0.394 e. The van der Waals surface area contributed by atoms with Crippen molar-refractivity contribution in [1.82, 2.24) is 20.9 Å². The Morgan fingerprint density at radius 1 is 0.784 bits per heavy atom. The van der Waals surface area contributed by atoms with Crippen LogP contribution in [-0.2, 0) is 61.9 Å². The maximum Gasteiger partial charge on any atom is 0.251 e. The molecule has 2 aliphatic carbocycles. The van der Waals surface area contributed by atoms with Gasteiger partial charge in [0.2, 0.25) is 11.8 Å². The van der Waals surface area contributed by atoms with Gasteiger partial charge in [0.1, 0.15) is 60.7 Å². The summed E-state index contributed by atoms with van der Waals surface area (Å²) in [6.45, 7) is 5.59. The first-order valence-corrected chi connectivity index (χ1v) is 26.7. The van der Waals surface area contributed by atoms with E-state index in [9.17, 15) is 54.6 Å². The second-order valence-corrected chi connectivity index (χ2v) is 20.3. The van der Waals surface area contributed by atoms with E-state index >= 15 is 0 Å². The molecule has 5 fully saturated rings. The lowest BCUT2D eigenvalue weighted by molar-refractivity contribution is -0.338. The summed E-state index contributed by atoms with van der Waals surface area (Å²) in [6, 6.07) is -1.23. The summed E-state index contributed by atoms with van der Waals surface area (Å²) in [4.78, 5) is 67.3. The number of carbonyl (C=O) groups excluding carboxylic acids is 5. The number of ketones is 1. The maximum absolute atomic E-state index is 14.1. The Morgan fingerprint density at radius 2 is 1.50 bits per heavy atom. The SMILES string of the molecule is CCC1CC(C(=O)CCCNC(=O)CCOCCOCCNC(=O)[C@H](O)[C@H](CO)OC)C[C@@H](O[C@@H]2O[C@@H](CO)[C@H](O)C(O[C@@H](CC3CCCCC3)C(=O)N3CCC3)C2NC(C)=O)[C@@H]1O[C@@H]1OC(C)[C@@H](O)[C@H](O)C1O. The van der Waals surface area contributed by atoms with E-state index in [1.165, 1.54) is 21.0 Å².